The van der Waals surface area contributed by atoms with Crippen molar-refractivity contribution in [1.82, 2.24) is 0 Å². The van der Waals surface area contributed by atoms with Crippen LogP contribution in [0.5, 0.6) is 0 Å². The van der Waals surface area contributed by atoms with Gasteiger partial charge in [-0.25, -0.2) is 4.79 Å². The maximum absolute atomic E-state index is 10.5. The second-order valence-corrected chi connectivity index (χ2v) is 2.39. The fraction of sp³-hybridized carbons (Fsp3) is 0.333. The van der Waals surface area contributed by atoms with Crippen molar-refractivity contribution in [3.8, 4) is 6.07 Å². The van der Waals surface area contributed by atoms with Crippen molar-refractivity contribution in [3.63, 3.8) is 0 Å². The molecule has 0 aliphatic rings. The van der Waals surface area contributed by atoms with Crippen LogP contribution in [0.3, 0.4) is 0 Å². The molecule has 0 aromatic heterocycles. The van der Waals surface area contributed by atoms with Gasteiger partial charge in [0.25, 0.3) is 0 Å². The van der Waals surface area contributed by atoms with Crippen molar-refractivity contribution >= 4 is 5.97 Å². The minimum atomic E-state index is -1.17. The molecule has 0 aromatic carbocycles. The zero-order valence-electron chi connectivity index (χ0n) is 7.38. The van der Waals surface area contributed by atoms with Crippen LogP contribution in [-0.4, -0.2) is 11.1 Å². The first-order valence-electron chi connectivity index (χ1n) is 3.52. The Morgan fingerprint density at radius 3 is 2.25 bits per heavy atom. The number of hydrogen-bond acceptors (Lipinski definition) is 2. The van der Waals surface area contributed by atoms with Gasteiger partial charge in [-0.3, -0.25) is 0 Å². The summed E-state index contributed by atoms with van der Waals surface area (Å²) in [6, 6.07) is 1.66. The number of carboxylic acid groups (broad SMARTS) is 1. The Kier molecular flexibility index (Phi) is 3.78. The zero-order chi connectivity index (χ0) is 9.72. The summed E-state index contributed by atoms with van der Waals surface area (Å²) in [5, 5.41) is 17.1. The van der Waals surface area contributed by atoms with Gasteiger partial charge in [-0.15, -0.1) is 0 Å². The number of nitriles is 1. The fourth-order valence-corrected chi connectivity index (χ4v) is 0.706. The molecule has 0 bridgehead atoms. The Labute approximate surface area is 71.6 Å². The number of hydrogen-bond donors (Lipinski definition) is 1. The van der Waals surface area contributed by atoms with Crippen LogP contribution >= 0.6 is 0 Å². The van der Waals surface area contributed by atoms with Crippen molar-refractivity contribution in [2.75, 3.05) is 0 Å². The minimum absolute atomic E-state index is 0.189. The predicted molar refractivity (Wildman–Crippen MR) is 45.4 cm³/mol. The average Bonchev–Trinajstić information content (AvgIpc) is 2.03. The smallest absolute Gasteiger partial charge is 0.346 e. The Hall–Kier alpha value is -1.56. The first-order valence-corrected chi connectivity index (χ1v) is 3.52. The van der Waals surface area contributed by atoms with Crippen molar-refractivity contribution in [3.05, 3.63) is 22.8 Å². The third-order valence-electron chi connectivity index (χ3n) is 1.73. The average molecular weight is 165 g/mol. The van der Waals surface area contributed by atoms with Gasteiger partial charge in [-0.05, 0) is 26.3 Å². The molecule has 64 valence electrons. The van der Waals surface area contributed by atoms with Gasteiger partial charge in [0.1, 0.15) is 11.6 Å². The van der Waals surface area contributed by atoms with Crippen LogP contribution in [0.2, 0.25) is 0 Å². The van der Waals surface area contributed by atoms with Gasteiger partial charge in [0.05, 0.1) is 0 Å². The number of aliphatic carboxylic acids is 1. The molecule has 0 unspecified atom stereocenters. The van der Waals surface area contributed by atoms with Crippen LogP contribution in [0.4, 0.5) is 0 Å². The van der Waals surface area contributed by atoms with Crippen molar-refractivity contribution in [1.29, 1.82) is 5.26 Å². The summed E-state index contributed by atoms with van der Waals surface area (Å²) < 4.78 is 0. The van der Waals surface area contributed by atoms with E-state index in [0.717, 1.165) is 5.57 Å². The highest BCUT2D eigenvalue weighted by Gasteiger charge is 2.10. The molecule has 0 amide bonds. The SMILES string of the molecule is CC=C(C)C(C)=C(C#N)C(=O)O. The molecule has 0 saturated carbocycles. The molecule has 0 aromatic rings. The first kappa shape index (κ1) is 10.4. The Morgan fingerprint density at radius 1 is 1.50 bits per heavy atom. The summed E-state index contributed by atoms with van der Waals surface area (Å²) in [6.07, 6.45) is 1.77. The van der Waals surface area contributed by atoms with E-state index < -0.39 is 5.97 Å². The lowest BCUT2D eigenvalue weighted by molar-refractivity contribution is -0.132. The molecule has 3 nitrogen and oxygen atoms in total. The third-order valence-corrected chi connectivity index (χ3v) is 1.73. The van der Waals surface area contributed by atoms with E-state index in [-0.39, 0.29) is 5.57 Å². The van der Waals surface area contributed by atoms with E-state index >= 15 is 0 Å². The molecular weight excluding hydrogens is 154 g/mol. The molecule has 12 heavy (non-hydrogen) atoms. The quantitative estimate of drug-likeness (QED) is 0.386. The second kappa shape index (κ2) is 4.35. The van der Waals surface area contributed by atoms with Crippen molar-refractivity contribution in [2.24, 2.45) is 0 Å². The second-order valence-electron chi connectivity index (χ2n) is 2.39. The summed E-state index contributed by atoms with van der Waals surface area (Å²) in [7, 11) is 0. The number of carboxylic acids is 1. The van der Waals surface area contributed by atoms with E-state index in [0.29, 0.717) is 5.57 Å². The number of rotatable bonds is 2. The normalized spacial score (nSPS) is 13.3. The molecule has 0 spiro atoms. The molecule has 0 fully saturated rings. The van der Waals surface area contributed by atoms with Crippen LogP contribution in [0.15, 0.2) is 22.8 Å². The largest absolute Gasteiger partial charge is 0.477 e. The molecule has 0 heterocycles. The minimum Gasteiger partial charge on any atom is -0.477 e. The zero-order valence-corrected chi connectivity index (χ0v) is 7.38. The molecular formula is C9H11NO2. The van der Waals surface area contributed by atoms with Gasteiger partial charge in [0, 0.05) is 0 Å². The third kappa shape index (κ3) is 2.24. The topological polar surface area (TPSA) is 61.1 Å². The highest BCUT2D eigenvalue weighted by Crippen LogP contribution is 2.13. The van der Waals surface area contributed by atoms with Gasteiger partial charge in [0.2, 0.25) is 0 Å². The Morgan fingerprint density at radius 2 is 2.00 bits per heavy atom. The van der Waals surface area contributed by atoms with Gasteiger partial charge in [0.15, 0.2) is 0 Å². The van der Waals surface area contributed by atoms with Gasteiger partial charge in [-0.2, -0.15) is 5.26 Å². The van der Waals surface area contributed by atoms with Crippen LogP contribution in [0.1, 0.15) is 20.8 Å². The number of allylic oxidation sites excluding steroid dienone is 3. The van der Waals surface area contributed by atoms with E-state index in [2.05, 4.69) is 0 Å². The molecule has 0 aliphatic heterocycles. The van der Waals surface area contributed by atoms with E-state index in [4.69, 9.17) is 10.4 Å². The number of carbonyl (C=O) groups is 1. The van der Waals surface area contributed by atoms with Crippen molar-refractivity contribution in [2.45, 2.75) is 20.8 Å². The van der Waals surface area contributed by atoms with Crippen LogP contribution in [0, 0.1) is 11.3 Å². The summed E-state index contributed by atoms with van der Waals surface area (Å²) in [5.41, 5.74) is 1.15. The van der Waals surface area contributed by atoms with Gasteiger partial charge in [-0.1, -0.05) is 11.6 Å². The molecule has 3 heteroatoms. The lowest BCUT2D eigenvalue weighted by atomic mass is 10.0. The molecule has 0 rings (SSSR count). The highest BCUT2D eigenvalue weighted by molar-refractivity contribution is 5.92. The lowest BCUT2D eigenvalue weighted by Crippen LogP contribution is -2.01. The number of nitrogens with zero attached hydrogens (tertiary/aromatic N) is 1. The molecule has 0 saturated heterocycles. The summed E-state index contributed by atoms with van der Waals surface area (Å²) in [5.74, 6) is -1.17. The molecule has 0 atom stereocenters. The highest BCUT2D eigenvalue weighted by atomic mass is 16.4. The standard InChI is InChI=1S/C9H11NO2/c1-4-6(2)7(3)8(5-10)9(11)12/h4H,1-3H3,(H,11,12). The summed E-state index contributed by atoms with van der Waals surface area (Å²) >= 11 is 0. The maximum atomic E-state index is 10.5. The predicted octanol–water partition coefficient (Wildman–Crippen LogP) is 1.88. The maximum Gasteiger partial charge on any atom is 0.346 e. The summed E-state index contributed by atoms with van der Waals surface area (Å²) in [4.78, 5) is 10.5. The van der Waals surface area contributed by atoms with Gasteiger partial charge < -0.3 is 5.11 Å². The molecule has 0 radical (unpaired) electrons. The molecule has 1 N–H and O–H groups in total. The van der Waals surface area contributed by atoms with Crippen LogP contribution in [0.25, 0.3) is 0 Å². The molecule has 0 aliphatic carbocycles. The van der Waals surface area contributed by atoms with E-state index in [1.807, 2.05) is 0 Å². The monoisotopic (exact) mass is 165 g/mol. The van der Waals surface area contributed by atoms with E-state index in [1.54, 1.807) is 32.9 Å². The van der Waals surface area contributed by atoms with Crippen molar-refractivity contribution < 1.29 is 9.90 Å². The van der Waals surface area contributed by atoms with Gasteiger partial charge >= 0.3 is 5.97 Å². The lowest BCUT2D eigenvalue weighted by Gasteiger charge is -2.00. The Bertz CT molecular complexity index is 292. The Balaban J connectivity index is 5.16. The fourth-order valence-electron chi connectivity index (χ4n) is 0.706. The summed E-state index contributed by atoms with van der Waals surface area (Å²) in [6.45, 7) is 5.20. The van der Waals surface area contributed by atoms with Crippen LogP contribution in [-0.2, 0) is 4.79 Å². The van der Waals surface area contributed by atoms with E-state index in [1.165, 1.54) is 0 Å². The first-order chi connectivity index (χ1) is 5.54. The van der Waals surface area contributed by atoms with E-state index in [9.17, 15) is 4.79 Å². The van der Waals surface area contributed by atoms with Crippen LogP contribution < -0.4 is 0 Å².